The van der Waals surface area contributed by atoms with Crippen molar-refractivity contribution in [1.29, 1.82) is 0 Å². The third-order valence-corrected chi connectivity index (χ3v) is 1.89. The van der Waals surface area contributed by atoms with Crippen LogP contribution < -0.4 is 4.90 Å². The molecule has 2 heteroatoms. The Bertz CT molecular complexity index is 89.6. The van der Waals surface area contributed by atoms with Gasteiger partial charge in [0, 0.05) is 0 Å². The monoisotopic (exact) mass is 130 g/mol. The number of nitrogens with one attached hydrogen (secondary N) is 1. The van der Waals surface area contributed by atoms with Crippen molar-refractivity contribution in [3.8, 4) is 0 Å². The third kappa shape index (κ3) is 1.66. The van der Waals surface area contributed by atoms with Gasteiger partial charge in [-0.25, -0.2) is 0 Å². The molecule has 1 heterocycles. The summed E-state index contributed by atoms with van der Waals surface area (Å²) >= 11 is 0. The molecule has 0 bridgehead atoms. The lowest BCUT2D eigenvalue weighted by atomic mass is 10.1. The van der Waals surface area contributed by atoms with Crippen LogP contribution in [-0.2, 0) is 4.74 Å². The molecule has 1 saturated heterocycles. The van der Waals surface area contributed by atoms with Gasteiger partial charge in [0.05, 0.1) is 5.54 Å². The summed E-state index contributed by atoms with van der Waals surface area (Å²) in [6.45, 7) is 9.74. The summed E-state index contributed by atoms with van der Waals surface area (Å²) in [5.74, 6) is 0. The van der Waals surface area contributed by atoms with E-state index in [4.69, 9.17) is 4.74 Å². The average molecular weight is 130 g/mol. The van der Waals surface area contributed by atoms with E-state index in [1.54, 1.807) is 4.90 Å². The lowest BCUT2D eigenvalue weighted by Crippen LogP contribution is -3.17. The SMILES string of the molecule is CC(C)(C)[NH+]1CCOC1. The summed E-state index contributed by atoms with van der Waals surface area (Å²) < 4.78 is 5.25. The van der Waals surface area contributed by atoms with Crippen molar-refractivity contribution >= 4 is 0 Å². The number of hydrogen-bond acceptors (Lipinski definition) is 1. The standard InChI is InChI=1S/C7H15NO/c1-7(2,3)8-4-5-9-6-8/h4-6H2,1-3H3/p+1. The van der Waals surface area contributed by atoms with Crippen molar-refractivity contribution in [3.05, 3.63) is 0 Å². The Kier molecular flexibility index (Phi) is 1.78. The Morgan fingerprint density at radius 1 is 1.33 bits per heavy atom. The highest BCUT2D eigenvalue weighted by atomic mass is 16.5. The minimum absolute atomic E-state index is 0.372. The van der Waals surface area contributed by atoms with E-state index in [2.05, 4.69) is 20.8 Å². The molecule has 1 fully saturated rings. The summed E-state index contributed by atoms with van der Waals surface area (Å²) in [7, 11) is 0. The van der Waals surface area contributed by atoms with Crippen LogP contribution in [-0.4, -0.2) is 25.4 Å². The fourth-order valence-electron chi connectivity index (χ4n) is 1.05. The lowest BCUT2D eigenvalue weighted by molar-refractivity contribution is -0.943. The minimum atomic E-state index is 0.372. The molecule has 1 N–H and O–H groups in total. The first-order valence-corrected chi connectivity index (χ1v) is 3.53. The second-order valence-electron chi connectivity index (χ2n) is 3.66. The van der Waals surface area contributed by atoms with Crippen LogP contribution in [0, 0.1) is 0 Å². The zero-order valence-electron chi connectivity index (χ0n) is 6.53. The first-order chi connectivity index (χ1) is 4.11. The minimum Gasteiger partial charge on any atom is -0.326 e. The van der Waals surface area contributed by atoms with E-state index in [1.165, 1.54) is 6.54 Å². The van der Waals surface area contributed by atoms with E-state index in [0.29, 0.717) is 5.54 Å². The van der Waals surface area contributed by atoms with Crippen LogP contribution in [0.2, 0.25) is 0 Å². The zero-order valence-corrected chi connectivity index (χ0v) is 6.53. The number of quaternary nitrogens is 1. The third-order valence-electron chi connectivity index (χ3n) is 1.89. The van der Waals surface area contributed by atoms with Gasteiger partial charge in [-0.2, -0.15) is 0 Å². The highest BCUT2D eigenvalue weighted by Crippen LogP contribution is 1.93. The molecule has 1 unspecified atom stereocenters. The fourth-order valence-corrected chi connectivity index (χ4v) is 1.05. The van der Waals surface area contributed by atoms with Crippen molar-refractivity contribution in [1.82, 2.24) is 0 Å². The summed E-state index contributed by atoms with van der Waals surface area (Å²) in [5.41, 5.74) is 0.372. The van der Waals surface area contributed by atoms with Crippen LogP contribution >= 0.6 is 0 Å². The van der Waals surface area contributed by atoms with Crippen molar-refractivity contribution in [2.75, 3.05) is 19.9 Å². The first-order valence-electron chi connectivity index (χ1n) is 3.53. The first kappa shape index (κ1) is 7.03. The Labute approximate surface area is 56.8 Å². The molecule has 1 atom stereocenters. The molecule has 0 spiro atoms. The van der Waals surface area contributed by atoms with Gasteiger partial charge in [-0.15, -0.1) is 0 Å². The number of ether oxygens (including phenoxy) is 1. The summed E-state index contributed by atoms with van der Waals surface area (Å²) in [5, 5.41) is 0. The smallest absolute Gasteiger partial charge is 0.182 e. The molecule has 0 amide bonds. The second kappa shape index (κ2) is 2.27. The van der Waals surface area contributed by atoms with Gasteiger partial charge < -0.3 is 9.64 Å². The van der Waals surface area contributed by atoms with Crippen molar-refractivity contribution in [2.45, 2.75) is 26.3 Å². The van der Waals surface area contributed by atoms with Crippen LogP contribution in [0.4, 0.5) is 0 Å². The molecule has 54 valence electrons. The topological polar surface area (TPSA) is 13.7 Å². The van der Waals surface area contributed by atoms with Crippen molar-refractivity contribution in [3.63, 3.8) is 0 Å². The number of hydrogen-bond donors (Lipinski definition) is 1. The highest BCUT2D eigenvalue weighted by molar-refractivity contribution is 4.56. The van der Waals surface area contributed by atoms with E-state index in [1.807, 2.05) is 0 Å². The van der Waals surface area contributed by atoms with Gasteiger partial charge >= 0.3 is 0 Å². The Morgan fingerprint density at radius 2 is 2.00 bits per heavy atom. The van der Waals surface area contributed by atoms with Gasteiger partial charge in [0.25, 0.3) is 0 Å². The summed E-state index contributed by atoms with van der Waals surface area (Å²) in [4.78, 5) is 1.56. The Morgan fingerprint density at radius 3 is 2.22 bits per heavy atom. The van der Waals surface area contributed by atoms with E-state index < -0.39 is 0 Å². The highest BCUT2D eigenvalue weighted by Gasteiger charge is 2.28. The second-order valence-corrected chi connectivity index (χ2v) is 3.66. The van der Waals surface area contributed by atoms with Crippen LogP contribution in [0.3, 0.4) is 0 Å². The van der Waals surface area contributed by atoms with Gasteiger partial charge in [0.2, 0.25) is 0 Å². The van der Waals surface area contributed by atoms with E-state index >= 15 is 0 Å². The largest absolute Gasteiger partial charge is 0.326 e. The van der Waals surface area contributed by atoms with Gasteiger partial charge in [-0.05, 0) is 20.8 Å². The van der Waals surface area contributed by atoms with Gasteiger partial charge in [-0.1, -0.05) is 0 Å². The predicted molar refractivity (Wildman–Crippen MR) is 36.4 cm³/mol. The maximum Gasteiger partial charge on any atom is 0.182 e. The molecular weight excluding hydrogens is 114 g/mol. The van der Waals surface area contributed by atoms with Gasteiger partial charge in [0.15, 0.2) is 6.73 Å². The molecule has 0 saturated carbocycles. The molecule has 0 aromatic rings. The van der Waals surface area contributed by atoms with Crippen molar-refractivity contribution in [2.24, 2.45) is 0 Å². The predicted octanol–water partition coefficient (Wildman–Crippen LogP) is -0.342. The van der Waals surface area contributed by atoms with Crippen molar-refractivity contribution < 1.29 is 9.64 Å². The molecule has 0 aliphatic carbocycles. The van der Waals surface area contributed by atoms with E-state index in [0.717, 1.165) is 13.3 Å². The van der Waals surface area contributed by atoms with E-state index in [9.17, 15) is 0 Å². The molecule has 9 heavy (non-hydrogen) atoms. The summed E-state index contributed by atoms with van der Waals surface area (Å²) in [6, 6.07) is 0. The summed E-state index contributed by atoms with van der Waals surface area (Å²) in [6.07, 6.45) is 0. The number of rotatable bonds is 0. The molecule has 1 aliphatic rings. The Balaban J connectivity index is 2.42. The zero-order chi connectivity index (χ0) is 6.91. The maximum atomic E-state index is 5.25. The molecule has 2 nitrogen and oxygen atoms in total. The molecular formula is C7H16NO+. The van der Waals surface area contributed by atoms with Crippen LogP contribution in [0.25, 0.3) is 0 Å². The maximum absolute atomic E-state index is 5.25. The molecule has 0 aromatic carbocycles. The molecule has 0 aromatic heterocycles. The average Bonchev–Trinajstić information content (AvgIpc) is 2.08. The van der Waals surface area contributed by atoms with Crippen LogP contribution in [0.5, 0.6) is 0 Å². The molecule has 1 aliphatic heterocycles. The van der Waals surface area contributed by atoms with Gasteiger partial charge in [0.1, 0.15) is 13.2 Å². The van der Waals surface area contributed by atoms with Gasteiger partial charge in [-0.3, -0.25) is 0 Å². The molecule has 0 radical (unpaired) electrons. The van der Waals surface area contributed by atoms with Crippen LogP contribution in [0.1, 0.15) is 20.8 Å². The Hall–Kier alpha value is -0.0800. The quantitative estimate of drug-likeness (QED) is 0.473. The fraction of sp³-hybridized carbons (Fsp3) is 1.00. The molecule has 1 rings (SSSR count). The van der Waals surface area contributed by atoms with E-state index in [-0.39, 0.29) is 0 Å². The lowest BCUT2D eigenvalue weighted by Gasteiger charge is -2.26. The van der Waals surface area contributed by atoms with Crippen LogP contribution in [0.15, 0.2) is 0 Å². The normalized spacial score (nSPS) is 29.0.